The Balaban J connectivity index is 1.29. The molecule has 0 unspecified atom stereocenters. The quantitative estimate of drug-likeness (QED) is 0.0921. The minimum Gasteiger partial charge on any atom is -0.489 e. The fourth-order valence-corrected chi connectivity index (χ4v) is 7.37. The highest BCUT2D eigenvalue weighted by Gasteiger charge is 2.28. The number of para-hydroxylation sites is 2. The van der Waals surface area contributed by atoms with Crippen molar-refractivity contribution in [3.8, 4) is 46.0 Å². The van der Waals surface area contributed by atoms with Gasteiger partial charge in [-0.05, 0) is 158 Å². The van der Waals surface area contributed by atoms with Crippen LogP contribution in [0.5, 0.6) is 46.0 Å². The molecule has 0 radical (unpaired) electrons. The van der Waals surface area contributed by atoms with E-state index in [1.54, 1.807) is 0 Å². The standard InChI is InChI=1S/C57H52O7/c1-39-15-23-47(24-16-39)59-35-43-31-53(63-51-11-7-5-8-12-51)32-44(36-60-48-25-17-40(2)18-26-48)55(43)57(58)56-45(37-61-49-27-19-41(3)20-28-49)33-54(64-52-13-9-6-10-14-52)34-46(56)38-62-50-29-21-42(4)22-30-50/h5-34,57-58H,35-38H2,1-4H3. The second-order valence-corrected chi connectivity index (χ2v) is 16.0. The molecule has 0 amide bonds. The number of ether oxygens (including phenoxy) is 6. The monoisotopic (exact) mass is 848 g/mol. The number of hydrogen-bond acceptors (Lipinski definition) is 7. The van der Waals surface area contributed by atoms with Crippen LogP contribution in [-0.4, -0.2) is 5.11 Å². The van der Waals surface area contributed by atoms with Crippen molar-refractivity contribution < 1.29 is 33.5 Å². The molecule has 7 heteroatoms. The van der Waals surface area contributed by atoms with Gasteiger partial charge < -0.3 is 33.5 Å². The van der Waals surface area contributed by atoms with E-state index in [-0.39, 0.29) is 26.4 Å². The van der Waals surface area contributed by atoms with Gasteiger partial charge in [0.25, 0.3) is 0 Å². The van der Waals surface area contributed by atoms with E-state index < -0.39 is 6.10 Å². The maximum Gasteiger partial charge on any atom is 0.128 e. The van der Waals surface area contributed by atoms with Gasteiger partial charge in [-0.3, -0.25) is 0 Å². The van der Waals surface area contributed by atoms with Crippen LogP contribution in [0.4, 0.5) is 0 Å². The number of aliphatic hydroxyl groups excluding tert-OH is 1. The lowest BCUT2D eigenvalue weighted by Gasteiger charge is -2.26. The molecule has 0 saturated carbocycles. The zero-order chi connectivity index (χ0) is 44.3. The van der Waals surface area contributed by atoms with Gasteiger partial charge in [-0.15, -0.1) is 0 Å². The summed E-state index contributed by atoms with van der Waals surface area (Å²) in [5.74, 6) is 5.27. The molecule has 0 aliphatic rings. The zero-order valence-corrected chi connectivity index (χ0v) is 36.6. The molecule has 7 nitrogen and oxygen atoms in total. The van der Waals surface area contributed by atoms with Gasteiger partial charge in [-0.2, -0.15) is 0 Å². The molecule has 0 aromatic heterocycles. The van der Waals surface area contributed by atoms with Crippen LogP contribution >= 0.6 is 0 Å². The van der Waals surface area contributed by atoms with Gasteiger partial charge in [0.2, 0.25) is 0 Å². The summed E-state index contributed by atoms with van der Waals surface area (Å²) in [4.78, 5) is 0. The van der Waals surface area contributed by atoms with Crippen molar-refractivity contribution in [2.45, 2.75) is 60.2 Å². The number of aryl methyl sites for hydroxylation is 4. The first-order valence-electron chi connectivity index (χ1n) is 21.5. The highest BCUT2D eigenvalue weighted by atomic mass is 16.5. The second kappa shape index (κ2) is 20.6. The minimum absolute atomic E-state index is 0.124. The van der Waals surface area contributed by atoms with E-state index in [2.05, 4.69) is 0 Å². The molecule has 0 saturated heterocycles. The molecule has 0 aliphatic carbocycles. The Labute approximate surface area is 376 Å². The third-order valence-corrected chi connectivity index (χ3v) is 10.8. The van der Waals surface area contributed by atoms with Gasteiger partial charge >= 0.3 is 0 Å². The molecule has 0 fully saturated rings. The Morgan fingerprint density at radius 2 is 0.562 bits per heavy atom. The molecule has 8 rings (SSSR count). The van der Waals surface area contributed by atoms with E-state index in [0.29, 0.717) is 79.4 Å². The Kier molecular flexibility index (Phi) is 13.9. The zero-order valence-electron chi connectivity index (χ0n) is 36.6. The lowest BCUT2D eigenvalue weighted by atomic mass is 9.87. The largest absolute Gasteiger partial charge is 0.489 e. The summed E-state index contributed by atoms with van der Waals surface area (Å²) in [6, 6.07) is 58.7. The molecule has 8 aromatic carbocycles. The van der Waals surface area contributed by atoms with E-state index in [1.807, 2.05) is 210 Å². The van der Waals surface area contributed by atoms with Gasteiger partial charge in [0.15, 0.2) is 0 Å². The molecule has 0 bridgehead atoms. The van der Waals surface area contributed by atoms with Crippen molar-refractivity contribution in [3.05, 3.63) is 238 Å². The summed E-state index contributed by atoms with van der Waals surface area (Å²) in [7, 11) is 0. The fraction of sp³-hybridized carbons (Fsp3) is 0.158. The van der Waals surface area contributed by atoms with Crippen LogP contribution in [0.3, 0.4) is 0 Å². The summed E-state index contributed by atoms with van der Waals surface area (Å²) in [5, 5.41) is 13.3. The van der Waals surface area contributed by atoms with Gasteiger partial charge in [-0.25, -0.2) is 0 Å². The van der Waals surface area contributed by atoms with Crippen LogP contribution in [0.1, 0.15) is 61.7 Å². The minimum atomic E-state index is -1.22. The lowest BCUT2D eigenvalue weighted by Crippen LogP contribution is -2.17. The topological polar surface area (TPSA) is 75.6 Å². The van der Waals surface area contributed by atoms with Crippen LogP contribution in [0.2, 0.25) is 0 Å². The molecule has 0 spiro atoms. The summed E-state index contributed by atoms with van der Waals surface area (Å²) >= 11 is 0. The number of rotatable bonds is 18. The van der Waals surface area contributed by atoms with Gasteiger partial charge in [0.1, 0.15) is 78.5 Å². The van der Waals surface area contributed by atoms with E-state index in [1.165, 1.54) is 0 Å². The van der Waals surface area contributed by atoms with Crippen molar-refractivity contribution in [2.75, 3.05) is 0 Å². The Bertz CT molecular complexity index is 2400. The number of hydrogen-bond donors (Lipinski definition) is 1. The summed E-state index contributed by atoms with van der Waals surface area (Å²) in [6.07, 6.45) is -1.22. The summed E-state index contributed by atoms with van der Waals surface area (Å²) < 4.78 is 39.0. The van der Waals surface area contributed by atoms with E-state index >= 15 is 0 Å². The van der Waals surface area contributed by atoms with Crippen LogP contribution in [0.25, 0.3) is 0 Å². The van der Waals surface area contributed by atoms with Crippen LogP contribution in [-0.2, 0) is 26.4 Å². The molecule has 322 valence electrons. The smallest absolute Gasteiger partial charge is 0.128 e. The predicted octanol–water partition coefficient (Wildman–Crippen LogP) is 13.9. The maximum absolute atomic E-state index is 13.3. The first-order valence-corrected chi connectivity index (χ1v) is 21.5. The van der Waals surface area contributed by atoms with Crippen molar-refractivity contribution in [1.29, 1.82) is 0 Å². The number of benzene rings is 8. The molecular formula is C57H52O7. The van der Waals surface area contributed by atoms with Crippen LogP contribution in [0, 0.1) is 27.7 Å². The molecule has 64 heavy (non-hydrogen) atoms. The third kappa shape index (κ3) is 11.5. The van der Waals surface area contributed by atoms with Gasteiger partial charge in [0, 0.05) is 0 Å². The second-order valence-electron chi connectivity index (χ2n) is 16.0. The highest BCUT2D eigenvalue weighted by Crippen LogP contribution is 2.40. The molecule has 1 N–H and O–H groups in total. The van der Waals surface area contributed by atoms with Crippen molar-refractivity contribution >= 4 is 0 Å². The average molecular weight is 849 g/mol. The van der Waals surface area contributed by atoms with E-state index in [0.717, 1.165) is 22.3 Å². The Hall–Kier alpha value is -7.48. The average Bonchev–Trinajstić information content (AvgIpc) is 3.31. The highest BCUT2D eigenvalue weighted by molar-refractivity contribution is 5.53. The fourth-order valence-electron chi connectivity index (χ4n) is 7.37. The molecular weight excluding hydrogens is 797 g/mol. The van der Waals surface area contributed by atoms with Crippen molar-refractivity contribution in [3.63, 3.8) is 0 Å². The summed E-state index contributed by atoms with van der Waals surface area (Å²) in [6.45, 7) is 8.66. The summed E-state index contributed by atoms with van der Waals surface area (Å²) in [5.41, 5.74) is 8.57. The Morgan fingerprint density at radius 1 is 0.312 bits per heavy atom. The van der Waals surface area contributed by atoms with Crippen molar-refractivity contribution in [2.24, 2.45) is 0 Å². The SMILES string of the molecule is Cc1ccc(OCc2cc(Oc3ccccc3)cc(COc3ccc(C)cc3)c2C(O)c2c(COc3ccc(C)cc3)cc(Oc3ccccc3)cc2COc2ccc(C)cc2)cc1. The van der Waals surface area contributed by atoms with Crippen molar-refractivity contribution in [1.82, 2.24) is 0 Å². The van der Waals surface area contributed by atoms with Crippen LogP contribution < -0.4 is 28.4 Å². The molecule has 0 heterocycles. The van der Waals surface area contributed by atoms with Gasteiger partial charge in [-0.1, -0.05) is 107 Å². The van der Waals surface area contributed by atoms with Crippen LogP contribution in [0.15, 0.2) is 182 Å². The Morgan fingerprint density at radius 3 is 0.812 bits per heavy atom. The predicted molar refractivity (Wildman–Crippen MR) is 252 cm³/mol. The van der Waals surface area contributed by atoms with E-state index in [9.17, 15) is 5.11 Å². The number of aliphatic hydroxyl groups is 1. The molecule has 0 atom stereocenters. The molecule has 8 aromatic rings. The molecule has 0 aliphatic heterocycles. The maximum atomic E-state index is 13.3. The first kappa shape index (κ1) is 43.2. The third-order valence-electron chi connectivity index (χ3n) is 10.8. The van der Waals surface area contributed by atoms with Gasteiger partial charge in [0.05, 0.1) is 0 Å². The van der Waals surface area contributed by atoms with E-state index in [4.69, 9.17) is 28.4 Å². The normalized spacial score (nSPS) is 11.0. The lowest BCUT2D eigenvalue weighted by molar-refractivity contribution is 0.200. The first-order chi connectivity index (χ1) is 31.2.